The van der Waals surface area contributed by atoms with Gasteiger partial charge in [-0.1, -0.05) is 12.1 Å². The van der Waals surface area contributed by atoms with Crippen molar-refractivity contribution in [3.05, 3.63) is 55.1 Å². The molecule has 0 N–H and O–H groups in total. The van der Waals surface area contributed by atoms with Crippen molar-refractivity contribution in [3.8, 4) is 17.1 Å². The van der Waals surface area contributed by atoms with Crippen LogP contribution in [-0.2, 0) is 9.84 Å². The molecule has 1 fully saturated rings. The van der Waals surface area contributed by atoms with Crippen LogP contribution < -0.4 is 4.90 Å². The number of hydrogen-bond acceptors (Lipinski definition) is 6. The van der Waals surface area contributed by atoms with Crippen molar-refractivity contribution >= 4 is 15.5 Å². The van der Waals surface area contributed by atoms with Crippen molar-refractivity contribution in [1.29, 1.82) is 0 Å². The van der Waals surface area contributed by atoms with Crippen LogP contribution in [0, 0.1) is 0 Å². The van der Waals surface area contributed by atoms with Gasteiger partial charge in [-0.15, -0.1) is 0 Å². The first-order chi connectivity index (χ1) is 12.1. The first-order valence-corrected chi connectivity index (χ1v) is 9.81. The molecule has 128 valence electrons. The fourth-order valence-electron chi connectivity index (χ4n) is 2.83. The Hall–Kier alpha value is -2.74. The lowest BCUT2D eigenvalue weighted by Gasteiger charge is -2.28. The molecular formula is C17H17N5O2S. The van der Waals surface area contributed by atoms with Gasteiger partial charge in [0.05, 0.1) is 17.7 Å². The van der Waals surface area contributed by atoms with Crippen molar-refractivity contribution < 1.29 is 8.42 Å². The molecule has 1 aliphatic rings. The molecule has 0 saturated carbocycles. The normalized spacial score (nSPS) is 16.7. The van der Waals surface area contributed by atoms with Crippen molar-refractivity contribution in [2.45, 2.75) is 0 Å². The molecule has 0 aliphatic carbocycles. The fraction of sp³-hybridized carbons (Fsp3) is 0.235. The van der Waals surface area contributed by atoms with Crippen LogP contribution in [0.25, 0.3) is 17.1 Å². The molecule has 2 aromatic heterocycles. The Bertz CT molecular complexity index is 954. The van der Waals surface area contributed by atoms with Gasteiger partial charge >= 0.3 is 0 Å². The fourth-order valence-corrected chi connectivity index (χ4v) is 4.03. The summed E-state index contributed by atoms with van der Waals surface area (Å²) in [7, 11) is -2.86. The van der Waals surface area contributed by atoms with Crippen molar-refractivity contribution in [2.24, 2.45) is 0 Å². The van der Waals surface area contributed by atoms with Gasteiger partial charge in [0.15, 0.2) is 9.84 Å². The number of nitrogens with zero attached hydrogens (tertiary/aromatic N) is 5. The van der Waals surface area contributed by atoms with E-state index >= 15 is 0 Å². The molecule has 8 heteroatoms. The summed E-state index contributed by atoms with van der Waals surface area (Å²) in [5.41, 5.74) is 3.05. The Morgan fingerprint density at radius 1 is 0.920 bits per heavy atom. The van der Waals surface area contributed by atoms with Gasteiger partial charge in [-0.2, -0.15) is 5.10 Å². The minimum atomic E-state index is -2.86. The summed E-state index contributed by atoms with van der Waals surface area (Å²) in [6.07, 6.45) is 7.02. The van der Waals surface area contributed by atoms with Crippen LogP contribution >= 0.6 is 0 Å². The second-order valence-electron chi connectivity index (χ2n) is 5.91. The molecule has 0 spiro atoms. The van der Waals surface area contributed by atoms with Gasteiger partial charge in [-0.05, 0) is 23.8 Å². The molecule has 4 rings (SSSR count). The first kappa shape index (κ1) is 15.8. The van der Waals surface area contributed by atoms with E-state index in [1.807, 2.05) is 30.5 Å². The topological polar surface area (TPSA) is 81.0 Å². The lowest BCUT2D eigenvalue weighted by atomic mass is 10.1. The van der Waals surface area contributed by atoms with E-state index in [0.29, 0.717) is 19.0 Å². The summed E-state index contributed by atoms with van der Waals surface area (Å²) in [6.45, 7) is 1.09. The monoisotopic (exact) mass is 355 g/mol. The van der Waals surface area contributed by atoms with E-state index in [0.717, 1.165) is 16.8 Å². The highest BCUT2D eigenvalue weighted by molar-refractivity contribution is 7.91. The molecule has 1 saturated heterocycles. The van der Waals surface area contributed by atoms with Crippen molar-refractivity contribution in [3.63, 3.8) is 0 Å². The number of benzene rings is 1. The van der Waals surface area contributed by atoms with Crippen LogP contribution in [0.3, 0.4) is 0 Å². The summed E-state index contributed by atoms with van der Waals surface area (Å²) < 4.78 is 24.7. The van der Waals surface area contributed by atoms with E-state index in [1.165, 1.54) is 0 Å². The van der Waals surface area contributed by atoms with Crippen LogP contribution in [0.2, 0.25) is 0 Å². The van der Waals surface area contributed by atoms with Gasteiger partial charge in [0, 0.05) is 42.9 Å². The average Bonchev–Trinajstić information content (AvgIpc) is 3.13. The van der Waals surface area contributed by atoms with Crippen LogP contribution in [0.15, 0.2) is 55.1 Å². The Morgan fingerprint density at radius 2 is 1.60 bits per heavy atom. The minimum absolute atomic E-state index is 0.221. The molecule has 0 bridgehead atoms. The molecule has 7 nitrogen and oxygen atoms in total. The van der Waals surface area contributed by atoms with Crippen molar-refractivity contribution in [2.75, 3.05) is 29.5 Å². The van der Waals surface area contributed by atoms with E-state index in [2.05, 4.69) is 20.0 Å². The molecule has 1 aromatic carbocycles. The Morgan fingerprint density at radius 3 is 2.28 bits per heavy atom. The van der Waals surface area contributed by atoms with Crippen LogP contribution in [0.5, 0.6) is 0 Å². The van der Waals surface area contributed by atoms with Gasteiger partial charge in [0.1, 0.15) is 0 Å². The minimum Gasteiger partial charge on any atom is -0.369 e. The molecule has 0 atom stereocenters. The molecule has 25 heavy (non-hydrogen) atoms. The Labute approximate surface area is 145 Å². The average molecular weight is 355 g/mol. The second kappa shape index (κ2) is 6.29. The summed E-state index contributed by atoms with van der Waals surface area (Å²) >= 11 is 0. The highest BCUT2D eigenvalue weighted by Gasteiger charge is 2.21. The third-order valence-electron chi connectivity index (χ3n) is 4.25. The van der Waals surface area contributed by atoms with E-state index < -0.39 is 9.84 Å². The third-order valence-corrected chi connectivity index (χ3v) is 5.86. The quantitative estimate of drug-likeness (QED) is 0.709. The number of aromatic nitrogens is 4. The van der Waals surface area contributed by atoms with Crippen LogP contribution in [0.4, 0.5) is 5.69 Å². The van der Waals surface area contributed by atoms with E-state index in [4.69, 9.17) is 0 Å². The van der Waals surface area contributed by atoms with Crippen LogP contribution in [0.1, 0.15) is 0 Å². The van der Waals surface area contributed by atoms with E-state index in [1.54, 1.807) is 29.3 Å². The highest BCUT2D eigenvalue weighted by atomic mass is 32.2. The number of anilines is 1. The van der Waals surface area contributed by atoms with Crippen LogP contribution in [-0.4, -0.2) is 52.8 Å². The maximum Gasteiger partial charge on any atom is 0.250 e. The van der Waals surface area contributed by atoms with E-state index in [-0.39, 0.29) is 11.5 Å². The van der Waals surface area contributed by atoms with Gasteiger partial charge in [-0.25, -0.2) is 23.1 Å². The summed E-state index contributed by atoms with van der Waals surface area (Å²) in [5.74, 6) is 0.969. The Balaban J connectivity index is 1.52. The highest BCUT2D eigenvalue weighted by Crippen LogP contribution is 2.24. The summed E-state index contributed by atoms with van der Waals surface area (Å²) in [4.78, 5) is 10.5. The maximum absolute atomic E-state index is 11.5. The molecule has 0 amide bonds. The molecule has 3 aromatic rings. The largest absolute Gasteiger partial charge is 0.369 e. The van der Waals surface area contributed by atoms with Gasteiger partial charge in [0.2, 0.25) is 5.95 Å². The zero-order valence-corrected chi connectivity index (χ0v) is 14.3. The predicted octanol–water partition coefficient (Wildman–Crippen LogP) is 1.56. The summed E-state index contributed by atoms with van der Waals surface area (Å²) in [5, 5.41) is 4.31. The maximum atomic E-state index is 11.5. The van der Waals surface area contributed by atoms with E-state index in [9.17, 15) is 8.42 Å². The third kappa shape index (κ3) is 3.39. The number of sulfone groups is 1. The smallest absolute Gasteiger partial charge is 0.250 e. The lowest BCUT2D eigenvalue weighted by Crippen LogP contribution is -2.40. The molecule has 0 unspecified atom stereocenters. The molecule has 1 aliphatic heterocycles. The van der Waals surface area contributed by atoms with Gasteiger partial charge in [0.25, 0.3) is 0 Å². The lowest BCUT2D eigenvalue weighted by molar-refractivity contribution is 0.587. The standard InChI is InChI=1S/C17H17N5O2S/c23-25(24)10-8-21(9-11-25)16-4-2-14(3-5-16)15-12-20-22(13-15)17-18-6-1-7-19-17/h1-7,12-13H,8-11H2. The Kier molecular flexibility index (Phi) is 3.96. The van der Waals surface area contributed by atoms with Gasteiger partial charge < -0.3 is 4.90 Å². The predicted molar refractivity (Wildman–Crippen MR) is 95.5 cm³/mol. The molecular weight excluding hydrogens is 338 g/mol. The SMILES string of the molecule is O=S1(=O)CCN(c2ccc(-c3cnn(-c4ncccn4)c3)cc2)CC1. The molecule has 0 radical (unpaired) electrons. The van der Waals surface area contributed by atoms with Gasteiger partial charge in [-0.3, -0.25) is 0 Å². The molecule has 3 heterocycles. The first-order valence-electron chi connectivity index (χ1n) is 7.99. The zero-order chi connectivity index (χ0) is 17.3. The summed E-state index contributed by atoms with van der Waals surface area (Å²) in [6, 6.07) is 9.84. The number of hydrogen-bond donors (Lipinski definition) is 0. The number of rotatable bonds is 3. The zero-order valence-electron chi connectivity index (χ0n) is 13.5. The van der Waals surface area contributed by atoms with Crippen molar-refractivity contribution in [1.82, 2.24) is 19.7 Å². The second-order valence-corrected chi connectivity index (χ2v) is 8.21.